The Hall–Kier alpha value is -2.51. The van der Waals surface area contributed by atoms with Crippen molar-refractivity contribution in [2.75, 3.05) is 0 Å². The van der Waals surface area contributed by atoms with E-state index in [1.54, 1.807) is 0 Å². The van der Waals surface area contributed by atoms with Crippen LogP contribution in [-0.4, -0.2) is 9.97 Å². The van der Waals surface area contributed by atoms with Crippen LogP contribution in [0.25, 0.3) is 22.5 Å². The second-order valence-corrected chi connectivity index (χ2v) is 5.12. The highest BCUT2D eigenvalue weighted by Gasteiger charge is 2.16. The summed E-state index contributed by atoms with van der Waals surface area (Å²) in [5.41, 5.74) is 3.55. The topological polar surface area (TPSA) is 49.6 Å². The third kappa shape index (κ3) is 2.69. The molecule has 0 fully saturated rings. The molecule has 0 radical (unpaired) electrons. The first-order valence-electron chi connectivity index (χ1n) is 6.38. The van der Waals surface area contributed by atoms with E-state index < -0.39 is 0 Å². The molecule has 4 heteroatoms. The first-order valence-corrected chi connectivity index (χ1v) is 7.17. The minimum atomic E-state index is 0.471. The van der Waals surface area contributed by atoms with Gasteiger partial charge in [-0.05, 0) is 15.9 Å². The average molecular weight is 336 g/mol. The molecule has 0 spiro atoms. The summed E-state index contributed by atoms with van der Waals surface area (Å²) in [6.07, 6.45) is 0. The van der Waals surface area contributed by atoms with Crippen LogP contribution in [0.1, 0.15) is 5.56 Å². The van der Waals surface area contributed by atoms with Gasteiger partial charge in [0, 0.05) is 11.1 Å². The van der Waals surface area contributed by atoms with E-state index in [1.807, 2.05) is 60.7 Å². The molecule has 21 heavy (non-hydrogen) atoms. The Balaban J connectivity index is 2.29. The van der Waals surface area contributed by atoms with Gasteiger partial charge in [-0.1, -0.05) is 60.7 Å². The van der Waals surface area contributed by atoms with Crippen molar-refractivity contribution >= 4 is 15.9 Å². The van der Waals surface area contributed by atoms with E-state index in [9.17, 15) is 5.26 Å². The SMILES string of the molecule is N#Cc1c(-c2ccccc2)nc(Br)nc1-c1ccccc1. The Labute approximate surface area is 131 Å². The van der Waals surface area contributed by atoms with Gasteiger partial charge < -0.3 is 0 Å². The van der Waals surface area contributed by atoms with Crippen molar-refractivity contribution in [2.45, 2.75) is 0 Å². The maximum atomic E-state index is 9.57. The zero-order valence-corrected chi connectivity index (χ0v) is 12.6. The fraction of sp³-hybridized carbons (Fsp3) is 0. The summed E-state index contributed by atoms with van der Waals surface area (Å²) < 4.78 is 0.471. The second kappa shape index (κ2) is 5.86. The van der Waals surface area contributed by atoms with Gasteiger partial charge in [-0.3, -0.25) is 0 Å². The summed E-state index contributed by atoms with van der Waals surface area (Å²) in [7, 11) is 0. The minimum absolute atomic E-state index is 0.471. The summed E-state index contributed by atoms with van der Waals surface area (Å²) in [6, 6.07) is 21.6. The van der Waals surface area contributed by atoms with Crippen LogP contribution >= 0.6 is 15.9 Å². The predicted molar refractivity (Wildman–Crippen MR) is 85.3 cm³/mol. The van der Waals surface area contributed by atoms with Crippen molar-refractivity contribution in [3.05, 3.63) is 71.0 Å². The molecule has 2 aromatic carbocycles. The molecule has 0 aliphatic rings. The predicted octanol–water partition coefficient (Wildman–Crippen LogP) is 4.44. The average Bonchev–Trinajstić information content (AvgIpc) is 2.55. The highest BCUT2D eigenvalue weighted by atomic mass is 79.9. The molecule has 0 saturated carbocycles. The molecule has 1 heterocycles. The summed E-state index contributed by atoms with van der Waals surface area (Å²) in [6.45, 7) is 0. The van der Waals surface area contributed by atoms with Crippen molar-refractivity contribution in [1.29, 1.82) is 5.26 Å². The van der Waals surface area contributed by atoms with E-state index >= 15 is 0 Å². The van der Waals surface area contributed by atoms with Crippen LogP contribution < -0.4 is 0 Å². The lowest BCUT2D eigenvalue weighted by atomic mass is 10.0. The number of hydrogen-bond donors (Lipinski definition) is 0. The van der Waals surface area contributed by atoms with E-state index in [4.69, 9.17) is 0 Å². The van der Waals surface area contributed by atoms with Gasteiger partial charge in [0.1, 0.15) is 11.6 Å². The molecule has 0 amide bonds. The molecule has 1 aromatic heterocycles. The molecule has 0 aliphatic carbocycles. The molecule has 0 atom stereocenters. The number of benzene rings is 2. The number of nitrogens with zero attached hydrogens (tertiary/aromatic N) is 3. The van der Waals surface area contributed by atoms with Gasteiger partial charge in [0.25, 0.3) is 0 Å². The van der Waals surface area contributed by atoms with Gasteiger partial charge in [-0.25, -0.2) is 9.97 Å². The Kier molecular flexibility index (Phi) is 3.76. The van der Waals surface area contributed by atoms with Gasteiger partial charge >= 0.3 is 0 Å². The zero-order chi connectivity index (χ0) is 14.7. The molecular weight excluding hydrogens is 326 g/mol. The molecular formula is C17H10BrN3. The number of halogens is 1. The van der Waals surface area contributed by atoms with Crippen LogP contribution in [0.2, 0.25) is 0 Å². The maximum Gasteiger partial charge on any atom is 0.197 e. The fourth-order valence-corrected chi connectivity index (χ4v) is 2.50. The first kappa shape index (κ1) is 13.5. The Morgan fingerprint density at radius 1 is 0.762 bits per heavy atom. The monoisotopic (exact) mass is 335 g/mol. The van der Waals surface area contributed by atoms with E-state index in [1.165, 1.54) is 0 Å². The summed E-state index contributed by atoms with van der Waals surface area (Å²) in [5, 5.41) is 9.57. The van der Waals surface area contributed by atoms with E-state index in [0.29, 0.717) is 21.7 Å². The standard InChI is InChI=1S/C17H10BrN3/c18-17-20-15(12-7-3-1-4-8-12)14(11-19)16(21-17)13-9-5-2-6-10-13/h1-10H. The van der Waals surface area contributed by atoms with Crippen molar-refractivity contribution in [3.63, 3.8) is 0 Å². The Morgan fingerprint density at radius 2 is 1.19 bits per heavy atom. The lowest BCUT2D eigenvalue weighted by Crippen LogP contribution is -1.98. The zero-order valence-electron chi connectivity index (χ0n) is 11.0. The maximum absolute atomic E-state index is 9.57. The highest BCUT2D eigenvalue weighted by molar-refractivity contribution is 9.10. The molecule has 0 aliphatic heterocycles. The van der Waals surface area contributed by atoms with E-state index in [0.717, 1.165) is 11.1 Å². The molecule has 0 saturated heterocycles. The second-order valence-electron chi connectivity index (χ2n) is 4.41. The molecule has 3 aromatic rings. The minimum Gasteiger partial charge on any atom is -0.221 e. The number of hydrogen-bond acceptors (Lipinski definition) is 3. The van der Waals surface area contributed by atoms with Crippen molar-refractivity contribution in [2.24, 2.45) is 0 Å². The largest absolute Gasteiger partial charge is 0.221 e. The third-order valence-electron chi connectivity index (χ3n) is 3.09. The van der Waals surface area contributed by atoms with E-state index in [2.05, 4.69) is 32.0 Å². The molecule has 0 bridgehead atoms. The summed E-state index contributed by atoms with van der Waals surface area (Å²) >= 11 is 3.34. The van der Waals surface area contributed by atoms with Crippen molar-refractivity contribution in [3.8, 4) is 28.6 Å². The van der Waals surface area contributed by atoms with Crippen LogP contribution in [0.3, 0.4) is 0 Å². The van der Waals surface area contributed by atoms with Crippen molar-refractivity contribution < 1.29 is 0 Å². The number of nitriles is 1. The van der Waals surface area contributed by atoms with Gasteiger partial charge in [0.2, 0.25) is 0 Å². The molecule has 3 rings (SSSR count). The third-order valence-corrected chi connectivity index (χ3v) is 3.44. The van der Waals surface area contributed by atoms with Gasteiger partial charge in [-0.2, -0.15) is 5.26 Å². The van der Waals surface area contributed by atoms with Crippen LogP contribution in [0, 0.1) is 11.3 Å². The van der Waals surface area contributed by atoms with Crippen LogP contribution in [-0.2, 0) is 0 Å². The first-order chi connectivity index (χ1) is 10.3. The Morgan fingerprint density at radius 3 is 1.57 bits per heavy atom. The van der Waals surface area contributed by atoms with Crippen LogP contribution in [0.4, 0.5) is 0 Å². The summed E-state index contributed by atoms with van der Waals surface area (Å²) in [4.78, 5) is 8.77. The molecule has 0 unspecified atom stereocenters. The lowest BCUT2D eigenvalue weighted by Gasteiger charge is -2.09. The van der Waals surface area contributed by atoms with Gasteiger partial charge in [0.05, 0.1) is 11.4 Å². The van der Waals surface area contributed by atoms with Gasteiger partial charge in [-0.15, -0.1) is 0 Å². The molecule has 3 nitrogen and oxygen atoms in total. The highest BCUT2D eigenvalue weighted by Crippen LogP contribution is 2.30. The fourth-order valence-electron chi connectivity index (χ4n) is 2.15. The Bertz CT molecular complexity index is 748. The summed E-state index contributed by atoms with van der Waals surface area (Å²) in [5.74, 6) is 0. The molecule has 100 valence electrons. The number of aromatic nitrogens is 2. The smallest absolute Gasteiger partial charge is 0.197 e. The molecule has 0 N–H and O–H groups in total. The van der Waals surface area contributed by atoms with E-state index in [-0.39, 0.29) is 0 Å². The number of rotatable bonds is 2. The normalized spacial score (nSPS) is 10.1. The quantitative estimate of drug-likeness (QED) is 0.650. The van der Waals surface area contributed by atoms with Gasteiger partial charge in [0.15, 0.2) is 4.73 Å². The lowest BCUT2D eigenvalue weighted by molar-refractivity contribution is 1.11. The van der Waals surface area contributed by atoms with Crippen LogP contribution in [0.5, 0.6) is 0 Å². The van der Waals surface area contributed by atoms with Crippen LogP contribution in [0.15, 0.2) is 65.4 Å². The van der Waals surface area contributed by atoms with Crippen molar-refractivity contribution in [1.82, 2.24) is 9.97 Å².